The van der Waals surface area contributed by atoms with Crippen molar-refractivity contribution in [2.75, 3.05) is 0 Å². The Labute approximate surface area is 192 Å². The molecule has 2 aromatic heterocycles. The predicted octanol–water partition coefficient (Wildman–Crippen LogP) is 7.13. The molecule has 0 atom stereocenters. The zero-order valence-corrected chi connectivity index (χ0v) is 18.6. The molecule has 34 heavy (non-hydrogen) atoms. The van der Waals surface area contributed by atoms with Gasteiger partial charge in [-0.2, -0.15) is 0 Å². The SMILES string of the molecule is Cc1cc2oc(=O)c3cc4c(cc3c2c2ccccc12)c(=O)oc1cc(C)c2ccccc2c14. The first-order valence-corrected chi connectivity index (χ1v) is 11.2. The fraction of sp³-hybridized carbons (Fsp3) is 0.0667. The largest absolute Gasteiger partial charge is 0.422 e. The zero-order chi connectivity index (χ0) is 23.1. The fourth-order valence-corrected chi connectivity index (χ4v) is 5.43. The normalized spacial score (nSPS) is 12.1. The number of aryl methyl sites for hydroxylation is 2. The van der Waals surface area contributed by atoms with Gasteiger partial charge in [-0.05, 0) is 70.8 Å². The van der Waals surface area contributed by atoms with Crippen LogP contribution in [0, 0.1) is 13.8 Å². The maximum atomic E-state index is 13.2. The van der Waals surface area contributed by atoms with E-state index in [9.17, 15) is 9.59 Å². The Balaban J connectivity index is 1.79. The van der Waals surface area contributed by atoms with Crippen LogP contribution in [0.2, 0.25) is 0 Å². The third-order valence-electron chi connectivity index (χ3n) is 6.97. The molecule has 0 fully saturated rings. The number of benzene rings is 5. The van der Waals surface area contributed by atoms with Crippen molar-refractivity contribution in [3.63, 3.8) is 0 Å². The van der Waals surface area contributed by atoms with Gasteiger partial charge in [-0.1, -0.05) is 48.5 Å². The molecule has 0 amide bonds. The van der Waals surface area contributed by atoms with Gasteiger partial charge in [0, 0.05) is 21.5 Å². The number of rotatable bonds is 0. The predicted molar refractivity (Wildman–Crippen MR) is 138 cm³/mol. The quantitative estimate of drug-likeness (QED) is 0.142. The Kier molecular flexibility index (Phi) is 3.67. The fourth-order valence-electron chi connectivity index (χ4n) is 5.43. The van der Waals surface area contributed by atoms with E-state index in [2.05, 4.69) is 12.1 Å². The summed E-state index contributed by atoms with van der Waals surface area (Å²) in [5.74, 6) is 0. The first-order chi connectivity index (χ1) is 16.5. The van der Waals surface area contributed by atoms with Crippen molar-refractivity contribution in [1.29, 1.82) is 0 Å². The molecular weight excluding hydrogens is 424 g/mol. The zero-order valence-electron chi connectivity index (χ0n) is 18.6. The molecule has 0 bridgehead atoms. The van der Waals surface area contributed by atoms with E-state index in [1.54, 1.807) is 12.1 Å². The van der Waals surface area contributed by atoms with E-state index in [1.807, 2.05) is 62.4 Å². The van der Waals surface area contributed by atoms with E-state index in [-0.39, 0.29) is 0 Å². The first-order valence-electron chi connectivity index (χ1n) is 11.2. The van der Waals surface area contributed by atoms with Gasteiger partial charge in [-0.25, -0.2) is 9.59 Å². The van der Waals surface area contributed by atoms with Crippen molar-refractivity contribution < 1.29 is 8.83 Å². The highest BCUT2D eigenvalue weighted by Gasteiger charge is 2.18. The van der Waals surface area contributed by atoms with E-state index in [0.717, 1.165) is 43.4 Å². The topological polar surface area (TPSA) is 60.4 Å². The molecule has 0 radical (unpaired) electrons. The van der Waals surface area contributed by atoms with Gasteiger partial charge in [0.1, 0.15) is 11.2 Å². The molecule has 7 aromatic rings. The highest BCUT2D eigenvalue weighted by molar-refractivity contribution is 6.25. The standard InChI is InChI=1S/C30H18O4/c1-15-11-25-27(19-9-5-3-7-17(15)19)21-13-24-22(14-23(21)29(31)33-25)28-20-10-6-4-8-18(20)16(2)12-26(28)34-30(24)32/h3-14H,1-2H3. The molecule has 0 spiro atoms. The molecule has 0 N–H and O–H groups in total. The summed E-state index contributed by atoms with van der Waals surface area (Å²) in [5.41, 5.74) is 2.24. The van der Waals surface area contributed by atoms with Crippen LogP contribution in [0.1, 0.15) is 11.1 Å². The van der Waals surface area contributed by atoms with Crippen LogP contribution in [0.5, 0.6) is 0 Å². The molecule has 162 valence electrons. The molecule has 4 nitrogen and oxygen atoms in total. The Bertz CT molecular complexity index is 1970. The van der Waals surface area contributed by atoms with E-state index in [4.69, 9.17) is 8.83 Å². The lowest BCUT2D eigenvalue weighted by Crippen LogP contribution is -2.05. The van der Waals surface area contributed by atoms with E-state index < -0.39 is 11.3 Å². The monoisotopic (exact) mass is 442 g/mol. The lowest BCUT2D eigenvalue weighted by molar-refractivity contribution is 0.568. The highest BCUT2D eigenvalue weighted by Crippen LogP contribution is 2.37. The summed E-state index contributed by atoms with van der Waals surface area (Å²) in [4.78, 5) is 26.3. The van der Waals surface area contributed by atoms with Crippen LogP contribution in [0.25, 0.3) is 65.0 Å². The second-order valence-electron chi connectivity index (χ2n) is 8.95. The van der Waals surface area contributed by atoms with Gasteiger partial charge in [0.05, 0.1) is 10.8 Å². The summed E-state index contributed by atoms with van der Waals surface area (Å²) < 4.78 is 11.6. The first kappa shape index (κ1) is 19.1. The Morgan fingerprint density at radius 1 is 0.471 bits per heavy atom. The van der Waals surface area contributed by atoms with Crippen molar-refractivity contribution in [3.05, 3.63) is 105 Å². The minimum Gasteiger partial charge on any atom is -0.422 e. The van der Waals surface area contributed by atoms with Gasteiger partial charge in [0.25, 0.3) is 0 Å². The van der Waals surface area contributed by atoms with Crippen molar-refractivity contribution in [3.8, 4) is 0 Å². The molecule has 4 heteroatoms. The molecule has 0 aliphatic carbocycles. The van der Waals surface area contributed by atoms with Gasteiger partial charge in [0.2, 0.25) is 0 Å². The molecule has 0 aliphatic rings. The summed E-state index contributed by atoms with van der Waals surface area (Å²) in [6.07, 6.45) is 0. The third-order valence-corrected chi connectivity index (χ3v) is 6.97. The van der Waals surface area contributed by atoms with Crippen LogP contribution in [-0.2, 0) is 0 Å². The summed E-state index contributed by atoms with van der Waals surface area (Å²) in [5, 5.41) is 8.06. The van der Waals surface area contributed by atoms with Crippen LogP contribution in [0.15, 0.2) is 91.2 Å². The molecule has 2 heterocycles. The molecule has 0 saturated carbocycles. The molecule has 5 aromatic carbocycles. The summed E-state index contributed by atoms with van der Waals surface area (Å²) in [6.45, 7) is 4.00. The summed E-state index contributed by atoms with van der Waals surface area (Å²) >= 11 is 0. The van der Waals surface area contributed by atoms with Gasteiger partial charge in [0.15, 0.2) is 0 Å². The third kappa shape index (κ3) is 2.42. The number of hydrogen-bond donors (Lipinski definition) is 0. The van der Waals surface area contributed by atoms with Crippen molar-refractivity contribution >= 4 is 65.0 Å². The molecule has 0 saturated heterocycles. The van der Waals surface area contributed by atoms with Gasteiger partial charge in [-0.15, -0.1) is 0 Å². The molecular formula is C30H18O4. The summed E-state index contributed by atoms with van der Waals surface area (Å²) in [7, 11) is 0. The minimum atomic E-state index is -0.420. The van der Waals surface area contributed by atoms with E-state index in [1.165, 1.54) is 0 Å². The molecule has 0 unspecified atom stereocenters. The second kappa shape index (κ2) is 6.55. The molecule has 7 rings (SSSR count). The number of fused-ring (bicyclic) bond motifs is 10. The summed E-state index contributed by atoms with van der Waals surface area (Å²) in [6, 6.07) is 23.4. The minimum absolute atomic E-state index is 0.420. The average Bonchev–Trinajstić information content (AvgIpc) is 2.83. The van der Waals surface area contributed by atoms with Crippen LogP contribution in [0.3, 0.4) is 0 Å². The van der Waals surface area contributed by atoms with Gasteiger partial charge >= 0.3 is 11.3 Å². The maximum absolute atomic E-state index is 13.2. The van der Waals surface area contributed by atoms with Gasteiger partial charge in [-0.3, -0.25) is 0 Å². The Morgan fingerprint density at radius 3 is 1.26 bits per heavy atom. The maximum Gasteiger partial charge on any atom is 0.344 e. The van der Waals surface area contributed by atoms with Crippen LogP contribution < -0.4 is 11.3 Å². The Hall–Kier alpha value is -4.44. The number of hydrogen-bond acceptors (Lipinski definition) is 4. The van der Waals surface area contributed by atoms with Crippen molar-refractivity contribution in [2.45, 2.75) is 13.8 Å². The van der Waals surface area contributed by atoms with Crippen LogP contribution in [0.4, 0.5) is 0 Å². The van der Waals surface area contributed by atoms with Crippen LogP contribution in [-0.4, -0.2) is 0 Å². The van der Waals surface area contributed by atoms with Crippen LogP contribution >= 0.6 is 0 Å². The highest BCUT2D eigenvalue weighted by atomic mass is 16.4. The van der Waals surface area contributed by atoms with Crippen molar-refractivity contribution in [1.82, 2.24) is 0 Å². The van der Waals surface area contributed by atoms with Crippen molar-refractivity contribution in [2.24, 2.45) is 0 Å². The molecule has 0 aliphatic heterocycles. The average molecular weight is 442 g/mol. The van der Waals surface area contributed by atoms with Gasteiger partial charge < -0.3 is 8.83 Å². The Morgan fingerprint density at radius 2 is 0.853 bits per heavy atom. The lowest BCUT2D eigenvalue weighted by atomic mass is 9.94. The lowest BCUT2D eigenvalue weighted by Gasteiger charge is -2.12. The smallest absolute Gasteiger partial charge is 0.344 e. The van der Waals surface area contributed by atoms with E-state index >= 15 is 0 Å². The second-order valence-corrected chi connectivity index (χ2v) is 8.95. The van der Waals surface area contributed by atoms with E-state index in [0.29, 0.717) is 32.7 Å².